The van der Waals surface area contributed by atoms with Crippen molar-refractivity contribution in [3.05, 3.63) is 53.6 Å². The van der Waals surface area contributed by atoms with E-state index in [-0.39, 0.29) is 5.91 Å². The lowest BCUT2D eigenvalue weighted by Crippen LogP contribution is -2.48. The van der Waals surface area contributed by atoms with E-state index in [1.54, 1.807) is 13.0 Å². The number of benzene rings is 1. The lowest BCUT2D eigenvalue weighted by atomic mass is 10.2. The monoisotopic (exact) mass is 395 g/mol. The van der Waals surface area contributed by atoms with Gasteiger partial charge >= 0.3 is 0 Å². The van der Waals surface area contributed by atoms with E-state index in [0.29, 0.717) is 24.0 Å². The van der Waals surface area contributed by atoms with Gasteiger partial charge in [0, 0.05) is 44.4 Å². The van der Waals surface area contributed by atoms with Crippen LogP contribution in [0.5, 0.6) is 0 Å². The van der Waals surface area contributed by atoms with Crippen molar-refractivity contribution in [3.8, 4) is 11.5 Å². The zero-order valence-electron chi connectivity index (χ0n) is 16.7. The van der Waals surface area contributed by atoms with Gasteiger partial charge in [-0.3, -0.25) is 14.6 Å². The summed E-state index contributed by atoms with van der Waals surface area (Å²) >= 11 is 0. The van der Waals surface area contributed by atoms with Crippen LogP contribution in [0.4, 0.5) is 5.82 Å². The lowest BCUT2D eigenvalue weighted by Gasteiger charge is -2.33. The predicted molar refractivity (Wildman–Crippen MR) is 108 cm³/mol. The van der Waals surface area contributed by atoms with Crippen molar-refractivity contribution in [3.63, 3.8) is 0 Å². The summed E-state index contributed by atoms with van der Waals surface area (Å²) in [6.07, 6.45) is 0. The molecule has 0 aliphatic carbocycles. The SMILES string of the molecule is Cc1cc(NC(=O)CN2CCN(Cc3nc(-c4ccccc4)oc3C)CC2)no1. The van der Waals surface area contributed by atoms with Crippen LogP contribution in [-0.2, 0) is 11.3 Å². The van der Waals surface area contributed by atoms with E-state index in [9.17, 15) is 4.79 Å². The molecule has 3 heterocycles. The summed E-state index contributed by atoms with van der Waals surface area (Å²) in [6.45, 7) is 8.26. The second-order valence-electron chi connectivity index (χ2n) is 7.31. The number of aryl methyl sites for hydroxylation is 2. The molecule has 4 rings (SSSR count). The highest BCUT2D eigenvalue weighted by molar-refractivity contribution is 5.91. The first-order chi connectivity index (χ1) is 14.1. The first kappa shape index (κ1) is 19.4. The van der Waals surface area contributed by atoms with Gasteiger partial charge in [0.2, 0.25) is 11.8 Å². The molecule has 0 radical (unpaired) electrons. The fourth-order valence-corrected chi connectivity index (χ4v) is 3.41. The fraction of sp³-hybridized carbons (Fsp3) is 0.381. The predicted octanol–water partition coefficient (Wildman–Crippen LogP) is 2.70. The summed E-state index contributed by atoms with van der Waals surface area (Å²) in [5, 5.41) is 6.56. The number of carbonyl (C=O) groups excluding carboxylic acids is 1. The maximum absolute atomic E-state index is 12.2. The number of nitrogens with zero attached hydrogens (tertiary/aromatic N) is 4. The first-order valence-electron chi connectivity index (χ1n) is 9.76. The van der Waals surface area contributed by atoms with Gasteiger partial charge in [-0.25, -0.2) is 4.98 Å². The molecule has 0 bridgehead atoms. The molecular weight excluding hydrogens is 370 g/mol. The Bertz CT molecular complexity index is 958. The summed E-state index contributed by atoms with van der Waals surface area (Å²) in [4.78, 5) is 21.3. The van der Waals surface area contributed by atoms with Gasteiger partial charge in [-0.15, -0.1) is 0 Å². The molecule has 3 aromatic rings. The summed E-state index contributed by atoms with van der Waals surface area (Å²) in [6, 6.07) is 11.6. The minimum absolute atomic E-state index is 0.0772. The molecule has 1 aromatic carbocycles. The standard InChI is InChI=1S/C21H25N5O3/c1-15-12-19(24-29-15)23-20(27)14-26-10-8-25(9-11-26)13-18-16(2)28-21(22-18)17-6-4-3-5-7-17/h3-7,12H,8-11,13-14H2,1-2H3,(H,23,24,27). The number of hydrogen-bond donors (Lipinski definition) is 1. The minimum atomic E-state index is -0.0772. The Labute approximate surface area is 169 Å². The molecule has 1 saturated heterocycles. The van der Waals surface area contributed by atoms with E-state index in [2.05, 4.69) is 25.3 Å². The van der Waals surface area contributed by atoms with Crippen molar-refractivity contribution in [1.29, 1.82) is 0 Å². The van der Waals surface area contributed by atoms with Crippen LogP contribution in [0.2, 0.25) is 0 Å². The molecule has 2 aromatic heterocycles. The maximum Gasteiger partial charge on any atom is 0.239 e. The second-order valence-corrected chi connectivity index (χ2v) is 7.31. The Morgan fingerprint density at radius 3 is 2.52 bits per heavy atom. The molecule has 29 heavy (non-hydrogen) atoms. The number of amides is 1. The quantitative estimate of drug-likeness (QED) is 0.686. The van der Waals surface area contributed by atoms with Gasteiger partial charge in [0.05, 0.1) is 12.2 Å². The molecule has 1 fully saturated rings. The van der Waals surface area contributed by atoms with Crippen molar-refractivity contribution in [2.75, 3.05) is 38.0 Å². The van der Waals surface area contributed by atoms with Crippen LogP contribution in [-0.4, -0.2) is 58.6 Å². The molecule has 1 aliphatic rings. The Kier molecular flexibility index (Phi) is 5.73. The summed E-state index contributed by atoms with van der Waals surface area (Å²) in [5.74, 6) is 2.58. The van der Waals surface area contributed by atoms with Gasteiger partial charge < -0.3 is 14.3 Å². The Morgan fingerprint density at radius 2 is 1.83 bits per heavy atom. The highest BCUT2D eigenvalue weighted by Gasteiger charge is 2.21. The summed E-state index contributed by atoms with van der Waals surface area (Å²) < 4.78 is 10.8. The van der Waals surface area contributed by atoms with Gasteiger partial charge in [0.1, 0.15) is 11.5 Å². The van der Waals surface area contributed by atoms with E-state index in [1.807, 2.05) is 37.3 Å². The normalized spacial score (nSPS) is 15.5. The smallest absolute Gasteiger partial charge is 0.239 e. The van der Waals surface area contributed by atoms with E-state index in [4.69, 9.17) is 8.94 Å². The van der Waals surface area contributed by atoms with E-state index >= 15 is 0 Å². The molecule has 152 valence electrons. The van der Waals surface area contributed by atoms with Crippen molar-refractivity contribution < 1.29 is 13.7 Å². The van der Waals surface area contributed by atoms with Gasteiger partial charge in [-0.1, -0.05) is 23.4 Å². The van der Waals surface area contributed by atoms with Gasteiger partial charge in [0.15, 0.2) is 5.82 Å². The number of rotatable bonds is 6. The number of anilines is 1. The molecule has 0 atom stereocenters. The number of hydrogen-bond acceptors (Lipinski definition) is 7. The average molecular weight is 395 g/mol. The molecule has 8 heteroatoms. The van der Waals surface area contributed by atoms with E-state index in [0.717, 1.165) is 49.7 Å². The topological polar surface area (TPSA) is 87.6 Å². The first-order valence-corrected chi connectivity index (χ1v) is 9.76. The number of nitrogens with one attached hydrogen (secondary N) is 1. The number of oxazole rings is 1. The average Bonchev–Trinajstić information content (AvgIpc) is 3.29. The van der Waals surface area contributed by atoms with Gasteiger partial charge in [-0.05, 0) is 26.0 Å². The lowest BCUT2D eigenvalue weighted by molar-refractivity contribution is -0.117. The van der Waals surface area contributed by atoms with Crippen molar-refractivity contribution in [2.45, 2.75) is 20.4 Å². The van der Waals surface area contributed by atoms with Crippen molar-refractivity contribution in [1.82, 2.24) is 19.9 Å². The third-order valence-electron chi connectivity index (χ3n) is 5.01. The highest BCUT2D eigenvalue weighted by atomic mass is 16.5. The third kappa shape index (κ3) is 4.90. The molecule has 1 aliphatic heterocycles. The molecule has 8 nitrogen and oxygen atoms in total. The van der Waals surface area contributed by atoms with Gasteiger partial charge in [-0.2, -0.15) is 0 Å². The Hall–Kier alpha value is -2.97. The van der Waals surface area contributed by atoms with Crippen molar-refractivity contribution >= 4 is 11.7 Å². The van der Waals surface area contributed by atoms with Crippen LogP contribution in [0.15, 0.2) is 45.3 Å². The molecule has 0 unspecified atom stereocenters. The largest absolute Gasteiger partial charge is 0.441 e. The fourth-order valence-electron chi connectivity index (χ4n) is 3.41. The molecule has 1 amide bonds. The van der Waals surface area contributed by atoms with Crippen LogP contribution < -0.4 is 5.32 Å². The van der Waals surface area contributed by atoms with Crippen molar-refractivity contribution in [2.24, 2.45) is 0 Å². The van der Waals surface area contributed by atoms with Gasteiger partial charge in [0.25, 0.3) is 0 Å². The van der Waals surface area contributed by atoms with E-state index in [1.165, 1.54) is 0 Å². The molecule has 0 spiro atoms. The number of carbonyl (C=O) groups is 1. The Morgan fingerprint density at radius 1 is 1.10 bits per heavy atom. The second kappa shape index (κ2) is 8.59. The number of piperazine rings is 1. The maximum atomic E-state index is 12.2. The molecule has 1 N–H and O–H groups in total. The van der Waals surface area contributed by atoms with E-state index < -0.39 is 0 Å². The molecular formula is C21H25N5O3. The zero-order chi connectivity index (χ0) is 20.2. The van der Waals surface area contributed by atoms with Crippen LogP contribution in [0.3, 0.4) is 0 Å². The third-order valence-corrected chi connectivity index (χ3v) is 5.01. The molecule has 0 saturated carbocycles. The van der Waals surface area contributed by atoms with Crippen LogP contribution >= 0.6 is 0 Å². The van der Waals surface area contributed by atoms with Crippen LogP contribution in [0.1, 0.15) is 17.2 Å². The minimum Gasteiger partial charge on any atom is -0.441 e. The van der Waals surface area contributed by atoms with Crippen LogP contribution in [0.25, 0.3) is 11.5 Å². The zero-order valence-corrected chi connectivity index (χ0v) is 16.7. The number of aromatic nitrogens is 2. The Balaban J connectivity index is 1.27. The van der Waals surface area contributed by atoms with Crippen LogP contribution in [0, 0.1) is 13.8 Å². The summed E-state index contributed by atoms with van der Waals surface area (Å²) in [5.41, 5.74) is 1.96. The highest BCUT2D eigenvalue weighted by Crippen LogP contribution is 2.22. The summed E-state index contributed by atoms with van der Waals surface area (Å²) in [7, 11) is 0.